The van der Waals surface area contributed by atoms with E-state index in [0.717, 1.165) is 6.54 Å². The van der Waals surface area contributed by atoms with E-state index in [1.165, 1.54) is 5.56 Å². The van der Waals surface area contributed by atoms with Crippen LogP contribution in [0.3, 0.4) is 0 Å². The van der Waals surface area contributed by atoms with Gasteiger partial charge in [0.1, 0.15) is 0 Å². The van der Waals surface area contributed by atoms with Crippen molar-refractivity contribution in [3.05, 3.63) is 35.9 Å². The average Bonchev–Trinajstić information content (AvgIpc) is 2.18. The molecule has 1 rings (SSSR count). The van der Waals surface area contributed by atoms with Gasteiger partial charge < -0.3 is 9.64 Å². The lowest BCUT2D eigenvalue weighted by atomic mass is 10.2. The molecule has 0 aliphatic heterocycles. The predicted molar refractivity (Wildman–Crippen MR) is 66.7 cm³/mol. The summed E-state index contributed by atoms with van der Waals surface area (Å²) in [5.74, 6) is 0. The second kappa shape index (κ2) is 5.71. The van der Waals surface area contributed by atoms with E-state index in [2.05, 4.69) is 12.1 Å². The molecule has 1 aromatic rings. The standard InChI is InChI=1S/C12H17NOS/c1-10(2)14-12(15)13(3)9-11-7-5-4-6-8-11/h4-8,10H,9H2,1-3H3. The number of benzene rings is 1. The van der Waals surface area contributed by atoms with Crippen LogP contribution >= 0.6 is 12.2 Å². The molecule has 0 amide bonds. The monoisotopic (exact) mass is 223 g/mol. The van der Waals surface area contributed by atoms with E-state index >= 15 is 0 Å². The molecule has 0 aromatic heterocycles. The highest BCUT2D eigenvalue weighted by atomic mass is 32.1. The summed E-state index contributed by atoms with van der Waals surface area (Å²) in [5, 5.41) is 0.550. The summed E-state index contributed by atoms with van der Waals surface area (Å²) >= 11 is 5.16. The Morgan fingerprint density at radius 2 is 1.93 bits per heavy atom. The fourth-order valence-corrected chi connectivity index (χ4v) is 1.47. The van der Waals surface area contributed by atoms with Crippen LogP contribution < -0.4 is 0 Å². The number of hydrogen-bond donors (Lipinski definition) is 0. The van der Waals surface area contributed by atoms with E-state index in [9.17, 15) is 0 Å². The van der Waals surface area contributed by atoms with Crippen molar-refractivity contribution in [3.8, 4) is 0 Å². The van der Waals surface area contributed by atoms with Gasteiger partial charge in [-0.25, -0.2) is 0 Å². The molecule has 0 aliphatic rings. The Kier molecular flexibility index (Phi) is 4.56. The maximum absolute atomic E-state index is 5.44. The lowest BCUT2D eigenvalue weighted by Gasteiger charge is -2.21. The van der Waals surface area contributed by atoms with Crippen LogP contribution in [0.5, 0.6) is 0 Å². The van der Waals surface area contributed by atoms with Crippen LogP contribution in [-0.4, -0.2) is 23.2 Å². The van der Waals surface area contributed by atoms with Gasteiger partial charge in [-0.2, -0.15) is 0 Å². The van der Waals surface area contributed by atoms with Gasteiger partial charge in [-0.3, -0.25) is 0 Å². The summed E-state index contributed by atoms with van der Waals surface area (Å²) in [6, 6.07) is 10.2. The average molecular weight is 223 g/mol. The fraction of sp³-hybridized carbons (Fsp3) is 0.417. The quantitative estimate of drug-likeness (QED) is 0.731. The van der Waals surface area contributed by atoms with Crippen LogP contribution in [-0.2, 0) is 11.3 Å². The molecule has 0 saturated carbocycles. The van der Waals surface area contributed by atoms with Crippen LogP contribution in [0.25, 0.3) is 0 Å². The van der Waals surface area contributed by atoms with Crippen LogP contribution in [0, 0.1) is 0 Å². The first-order valence-electron chi connectivity index (χ1n) is 5.05. The van der Waals surface area contributed by atoms with E-state index in [4.69, 9.17) is 17.0 Å². The van der Waals surface area contributed by atoms with Crippen molar-refractivity contribution in [2.75, 3.05) is 7.05 Å². The first-order valence-corrected chi connectivity index (χ1v) is 5.46. The summed E-state index contributed by atoms with van der Waals surface area (Å²) in [7, 11) is 1.94. The van der Waals surface area contributed by atoms with Crippen molar-refractivity contribution >= 4 is 17.4 Å². The third-order valence-corrected chi connectivity index (χ3v) is 2.32. The molecular weight excluding hydrogens is 206 g/mol. The topological polar surface area (TPSA) is 12.5 Å². The van der Waals surface area contributed by atoms with E-state index in [0.29, 0.717) is 5.17 Å². The molecule has 15 heavy (non-hydrogen) atoms. The van der Waals surface area contributed by atoms with Crippen molar-refractivity contribution in [3.63, 3.8) is 0 Å². The summed E-state index contributed by atoms with van der Waals surface area (Å²) in [6.45, 7) is 4.73. The molecule has 0 N–H and O–H groups in total. The first kappa shape index (κ1) is 12.0. The smallest absolute Gasteiger partial charge is 0.259 e. The number of ether oxygens (including phenoxy) is 1. The van der Waals surface area contributed by atoms with E-state index < -0.39 is 0 Å². The highest BCUT2D eigenvalue weighted by Gasteiger charge is 2.07. The van der Waals surface area contributed by atoms with Crippen molar-refractivity contribution in [2.45, 2.75) is 26.5 Å². The molecule has 0 saturated heterocycles. The molecule has 82 valence electrons. The lowest BCUT2D eigenvalue weighted by molar-refractivity contribution is 0.194. The SMILES string of the molecule is CC(C)OC(=S)N(C)Cc1ccccc1. The van der Waals surface area contributed by atoms with Crippen molar-refractivity contribution in [1.29, 1.82) is 0 Å². The second-order valence-corrected chi connectivity index (χ2v) is 4.12. The molecule has 3 heteroatoms. The molecule has 0 aliphatic carbocycles. The van der Waals surface area contributed by atoms with Gasteiger partial charge in [0.25, 0.3) is 5.17 Å². The highest BCUT2D eigenvalue weighted by molar-refractivity contribution is 7.80. The molecule has 0 spiro atoms. The molecule has 0 atom stereocenters. The number of nitrogens with zero attached hydrogens (tertiary/aromatic N) is 1. The Hall–Kier alpha value is -1.09. The van der Waals surface area contributed by atoms with Gasteiger partial charge in [-0.15, -0.1) is 0 Å². The molecule has 1 aromatic carbocycles. The minimum atomic E-state index is 0.135. The Labute approximate surface area is 96.9 Å². The van der Waals surface area contributed by atoms with Gasteiger partial charge in [-0.05, 0) is 31.6 Å². The predicted octanol–water partition coefficient (Wildman–Crippen LogP) is 2.83. The molecule has 0 fully saturated rings. The fourth-order valence-electron chi connectivity index (χ4n) is 1.21. The summed E-state index contributed by atoms with van der Waals surface area (Å²) in [4.78, 5) is 1.94. The van der Waals surface area contributed by atoms with E-state index in [-0.39, 0.29) is 6.10 Å². The highest BCUT2D eigenvalue weighted by Crippen LogP contribution is 2.05. The Morgan fingerprint density at radius 3 is 2.47 bits per heavy atom. The maximum atomic E-state index is 5.44. The van der Waals surface area contributed by atoms with E-state index in [1.54, 1.807) is 0 Å². The van der Waals surface area contributed by atoms with Gasteiger partial charge in [0.15, 0.2) is 0 Å². The van der Waals surface area contributed by atoms with Crippen LogP contribution in [0.4, 0.5) is 0 Å². The number of thiocarbonyl (C=S) groups is 1. The molecule has 0 radical (unpaired) electrons. The summed E-state index contributed by atoms with van der Waals surface area (Å²) in [5.41, 5.74) is 1.23. The second-order valence-electron chi connectivity index (χ2n) is 3.77. The van der Waals surface area contributed by atoms with Gasteiger partial charge in [-0.1, -0.05) is 30.3 Å². The lowest BCUT2D eigenvalue weighted by Crippen LogP contribution is -2.28. The minimum absolute atomic E-state index is 0.135. The van der Waals surface area contributed by atoms with Gasteiger partial charge >= 0.3 is 0 Å². The largest absolute Gasteiger partial charge is 0.468 e. The van der Waals surface area contributed by atoms with Gasteiger partial charge in [0, 0.05) is 13.6 Å². The normalized spacial score (nSPS) is 10.1. The number of hydrogen-bond acceptors (Lipinski definition) is 2. The molecule has 2 nitrogen and oxygen atoms in total. The van der Waals surface area contributed by atoms with E-state index in [1.807, 2.05) is 44.0 Å². The summed E-state index contributed by atoms with van der Waals surface area (Å²) < 4.78 is 5.44. The Bertz CT molecular complexity index is 311. The molecule has 0 heterocycles. The van der Waals surface area contributed by atoms with Crippen LogP contribution in [0.2, 0.25) is 0 Å². The first-order chi connectivity index (χ1) is 7.09. The Morgan fingerprint density at radius 1 is 1.33 bits per heavy atom. The third-order valence-electron chi connectivity index (χ3n) is 1.91. The van der Waals surface area contributed by atoms with Crippen LogP contribution in [0.1, 0.15) is 19.4 Å². The van der Waals surface area contributed by atoms with Crippen molar-refractivity contribution in [1.82, 2.24) is 4.90 Å². The number of rotatable bonds is 3. The van der Waals surface area contributed by atoms with Crippen molar-refractivity contribution < 1.29 is 4.74 Å². The maximum Gasteiger partial charge on any atom is 0.259 e. The third kappa shape index (κ3) is 4.30. The zero-order valence-electron chi connectivity index (χ0n) is 9.43. The van der Waals surface area contributed by atoms with Crippen LogP contribution in [0.15, 0.2) is 30.3 Å². The molecule has 0 bridgehead atoms. The summed E-state index contributed by atoms with van der Waals surface area (Å²) in [6.07, 6.45) is 0.135. The molecule has 0 unspecified atom stereocenters. The minimum Gasteiger partial charge on any atom is -0.468 e. The zero-order chi connectivity index (χ0) is 11.3. The molecular formula is C12H17NOS. The Balaban J connectivity index is 2.49. The zero-order valence-corrected chi connectivity index (χ0v) is 10.3. The van der Waals surface area contributed by atoms with Crippen molar-refractivity contribution in [2.24, 2.45) is 0 Å². The van der Waals surface area contributed by atoms with Gasteiger partial charge in [0.2, 0.25) is 0 Å². The van der Waals surface area contributed by atoms with Gasteiger partial charge in [0.05, 0.1) is 6.10 Å².